The molecule has 0 aromatic heterocycles. The Kier molecular flexibility index (Phi) is 15.8. The number of hydrogen-bond acceptors (Lipinski definition) is 5. The van der Waals surface area contributed by atoms with Gasteiger partial charge >= 0.3 is 0 Å². The van der Waals surface area contributed by atoms with Gasteiger partial charge in [-0.3, -0.25) is 0 Å². The van der Waals surface area contributed by atoms with E-state index < -0.39 is 57.6 Å². The quantitative estimate of drug-likeness (QED) is 0.126. The van der Waals surface area contributed by atoms with Crippen LogP contribution in [0.3, 0.4) is 0 Å². The van der Waals surface area contributed by atoms with Crippen molar-refractivity contribution in [2.45, 2.75) is 137 Å². The summed E-state index contributed by atoms with van der Waals surface area (Å²) in [5.41, 5.74) is 0. The van der Waals surface area contributed by atoms with Gasteiger partial charge in [0.05, 0.1) is 0 Å². The average Bonchev–Trinajstić information content (AvgIpc) is 2.63. The zero-order chi connectivity index (χ0) is 33.0. The van der Waals surface area contributed by atoms with Gasteiger partial charge < -0.3 is 22.2 Å². The third-order valence-electron chi connectivity index (χ3n) is 8.55. The third-order valence-corrected chi connectivity index (χ3v) is 31.0. The molecule has 0 fully saturated rings. The lowest BCUT2D eigenvalue weighted by atomic mass is 10.5. The molecule has 0 aromatic carbocycles. The van der Waals surface area contributed by atoms with Crippen molar-refractivity contribution in [1.29, 1.82) is 0 Å². The van der Waals surface area contributed by atoms with Gasteiger partial charge in [0, 0.05) is 39.3 Å². The van der Waals surface area contributed by atoms with E-state index in [4.69, 9.17) is 0 Å². The van der Waals surface area contributed by atoms with Crippen LogP contribution < -0.4 is 0 Å². The Hall–Kier alpha value is 1.32. The third kappa shape index (κ3) is 15.9. The molecule has 248 valence electrons. The molecular formula is C29H79N5Si7. The van der Waals surface area contributed by atoms with Crippen LogP contribution >= 0.6 is 0 Å². The van der Waals surface area contributed by atoms with E-state index in [2.05, 4.69) is 160 Å². The van der Waals surface area contributed by atoms with Crippen LogP contribution in [0.1, 0.15) is 0 Å². The van der Waals surface area contributed by atoms with Crippen LogP contribution in [0.4, 0.5) is 0 Å². The Morgan fingerprint density at radius 3 is 0.488 bits per heavy atom. The van der Waals surface area contributed by atoms with E-state index in [1.54, 1.807) is 0 Å². The standard InChI is InChI=1S/C29H79N5Si7/c1-35(2,3)30(22-24-31(36(4,5)6)26-28-33(38(10,11)12)39(13,14)15)23-25-32(37(7,8)9)27-29-34(40(16,17)18)41(19,20)21/h22-29H2,1-21H3. The predicted molar refractivity (Wildman–Crippen MR) is 212 cm³/mol. The molecule has 0 spiro atoms. The molecule has 0 N–H and O–H groups in total. The number of nitrogens with zero attached hydrogens (tertiary/aromatic N) is 5. The Morgan fingerprint density at radius 1 is 0.220 bits per heavy atom. The fourth-order valence-corrected chi connectivity index (χ4v) is 30.4. The molecule has 0 bridgehead atoms. The lowest BCUT2D eigenvalue weighted by Crippen LogP contribution is -2.63. The molecule has 0 atom stereocenters. The first-order valence-electron chi connectivity index (χ1n) is 16.6. The summed E-state index contributed by atoms with van der Waals surface area (Å²) in [5.74, 6) is 0. The van der Waals surface area contributed by atoms with Crippen molar-refractivity contribution < 1.29 is 0 Å². The maximum Gasteiger partial charge on any atom is 0.119 e. The summed E-state index contributed by atoms with van der Waals surface area (Å²) >= 11 is 0. The number of rotatable bonds is 19. The second kappa shape index (κ2) is 15.3. The Labute approximate surface area is 268 Å². The average molecular weight is 695 g/mol. The molecule has 0 aromatic rings. The Bertz CT molecular complexity index is 678. The van der Waals surface area contributed by atoms with Crippen molar-refractivity contribution in [2.24, 2.45) is 0 Å². The highest BCUT2D eigenvalue weighted by molar-refractivity contribution is 6.90. The van der Waals surface area contributed by atoms with Crippen LogP contribution in [0.25, 0.3) is 0 Å². The van der Waals surface area contributed by atoms with Gasteiger partial charge in [0.15, 0.2) is 0 Å². The summed E-state index contributed by atoms with van der Waals surface area (Å²) in [7, 11) is -9.55. The van der Waals surface area contributed by atoms with E-state index in [1.165, 1.54) is 52.4 Å². The van der Waals surface area contributed by atoms with E-state index in [1.807, 2.05) is 0 Å². The molecule has 0 radical (unpaired) electrons. The molecule has 12 heteroatoms. The summed E-state index contributed by atoms with van der Waals surface area (Å²) < 4.78 is 14.8. The van der Waals surface area contributed by atoms with Crippen LogP contribution in [-0.4, -0.2) is 132 Å². The zero-order valence-corrected chi connectivity index (χ0v) is 39.4. The van der Waals surface area contributed by atoms with Crippen molar-refractivity contribution >= 4 is 57.6 Å². The highest BCUT2D eigenvalue weighted by atomic mass is 28.4. The summed E-state index contributed by atoms with van der Waals surface area (Å²) in [6.45, 7) is 63.6. The fourth-order valence-electron chi connectivity index (χ4n) is 6.63. The summed E-state index contributed by atoms with van der Waals surface area (Å²) in [6, 6.07) is 0. The first-order valence-corrected chi connectivity index (χ1v) is 40.7. The normalized spacial score (nSPS) is 15.4. The molecule has 0 aliphatic carbocycles. The lowest BCUT2D eigenvalue weighted by Gasteiger charge is -2.47. The van der Waals surface area contributed by atoms with E-state index in [0.717, 1.165) is 0 Å². The zero-order valence-electron chi connectivity index (χ0n) is 32.4. The summed E-state index contributed by atoms with van der Waals surface area (Å²) in [6.07, 6.45) is 0. The maximum atomic E-state index is 2.99. The van der Waals surface area contributed by atoms with Gasteiger partial charge in [-0.05, 0) is 13.1 Å². The van der Waals surface area contributed by atoms with Gasteiger partial charge in [0.1, 0.15) is 57.6 Å². The van der Waals surface area contributed by atoms with Crippen LogP contribution in [0.5, 0.6) is 0 Å². The SMILES string of the molecule is C[Si](C)(C)N(CCN(CCN([Si](C)(C)C)[Si](C)(C)C)[Si](C)(C)C)CCN(CCN([Si](C)(C)C)[Si](C)(C)C)[Si](C)(C)C. The van der Waals surface area contributed by atoms with Crippen molar-refractivity contribution in [3.63, 3.8) is 0 Å². The molecule has 0 aliphatic heterocycles. The van der Waals surface area contributed by atoms with Crippen LogP contribution in [-0.2, 0) is 0 Å². The van der Waals surface area contributed by atoms with Gasteiger partial charge in [-0.25, -0.2) is 0 Å². The van der Waals surface area contributed by atoms with Crippen molar-refractivity contribution in [3.8, 4) is 0 Å². The minimum atomic E-state index is -1.43. The molecule has 0 amide bonds. The van der Waals surface area contributed by atoms with Crippen LogP contribution in [0.15, 0.2) is 0 Å². The molecule has 0 heterocycles. The predicted octanol–water partition coefficient (Wildman–Crippen LogP) is 8.34. The van der Waals surface area contributed by atoms with Crippen molar-refractivity contribution in [1.82, 2.24) is 22.2 Å². The van der Waals surface area contributed by atoms with Gasteiger partial charge in [0.25, 0.3) is 0 Å². The van der Waals surface area contributed by atoms with E-state index in [-0.39, 0.29) is 0 Å². The second-order valence-electron chi connectivity index (χ2n) is 19.5. The Morgan fingerprint density at radius 2 is 0.366 bits per heavy atom. The van der Waals surface area contributed by atoms with Crippen molar-refractivity contribution in [2.75, 3.05) is 52.4 Å². The van der Waals surface area contributed by atoms with Gasteiger partial charge in [-0.2, -0.15) is 0 Å². The molecular weight excluding hydrogens is 615 g/mol. The topological polar surface area (TPSA) is 16.2 Å². The molecule has 0 aliphatic rings. The fraction of sp³-hybridized carbons (Fsp3) is 1.00. The van der Waals surface area contributed by atoms with E-state index in [9.17, 15) is 0 Å². The van der Waals surface area contributed by atoms with Gasteiger partial charge in [-0.15, -0.1) is 0 Å². The van der Waals surface area contributed by atoms with Gasteiger partial charge in [0.2, 0.25) is 0 Å². The lowest BCUT2D eigenvalue weighted by molar-refractivity contribution is 0.303. The van der Waals surface area contributed by atoms with E-state index >= 15 is 0 Å². The first kappa shape index (κ1) is 42.3. The first-order chi connectivity index (χ1) is 17.8. The van der Waals surface area contributed by atoms with Crippen molar-refractivity contribution in [3.05, 3.63) is 0 Å². The Balaban J connectivity index is 5.71. The minimum Gasteiger partial charge on any atom is -0.345 e. The van der Waals surface area contributed by atoms with Crippen LogP contribution in [0.2, 0.25) is 137 Å². The molecule has 0 saturated carbocycles. The second-order valence-corrected chi connectivity index (χ2v) is 54.8. The molecule has 0 unspecified atom stereocenters. The molecule has 41 heavy (non-hydrogen) atoms. The van der Waals surface area contributed by atoms with Gasteiger partial charge in [-0.1, -0.05) is 137 Å². The molecule has 0 saturated heterocycles. The molecule has 0 rings (SSSR count). The van der Waals surface area contributed by atoms with Crippen LogP contribution in [0, 0.1) is 0 Å². The summed E-state index contributed by atoms with van der Waals surface area (Å²) in [4.78, 5) is 0. The number of hydrogen-bond donors (Lipinski definition) is 0. The summed E-state index contributed by atoms with van der Waals surface area (Å²) in [5, 5.41) is 0. The monoisotopic (exact) mass is 693 g/mol. The minimum absolute atomic E-state index is 1.23. The van der Waals surface area contributed by atoms with E-state index in [0.29, 0.717) is 0 Å². The maximum absolute atomic E-state index is 2.99. The highest BCUT2D eigenvalue weighted by Gasteiger charge is 2.37. The highest BCUT2D eigenvalue weighted by Crippen LogP contribution is 2.22. The molecule has 5 nitrogen and oxygen atoms in total. The largest absolute Gasteiger partial charge is 0.345 e. The smallest absolute Gasteiger partial charge is 0.119 e.